The maximum absolute atomic E-state index is 13.4. The molecular weight excluding hydrogens is 359 g/mol. The molecule has 28 heavy (non-hydrogen) atoms. The fourth-order valence-corrected chi connectivity index (χ4v) is 3.16. The molecule has 3 N–H and O–H groups in total. The topological polar surface area (TPSA) is 69.1 Å². The Balaban J connectivity index is 1.79. The molecule has 1 aliphatic rings. The van der Waals surface area contributed by atoms with Gasteiger partial charge >= 0.3 is 0 Å². The summed E-state index contributed by atoms with van der Waals surface area (Å²) in [5.41, 5.74) is 0.934. The van der Waals surface area contributed by atoms with Crippen LogP contribution in [0.15, 0.2) is 29.3 Å². The summed E-state index contributed by atoms with van der Waals surface area (Å²) in [4.78, 5) is 6.70. The first kappa shape index (κ1) is 22.4. The van der Waals surface area contributed by atoms with Crippen LogP contribution in [0.25, 0.3) is 0 Å². The number of halogens is 1. The quantitative estimate of drug-likeness (QED) is 0.443. The van der Waals surface area contributed by atoms with Gasteiger partial charge in [-0.3, -0.25) is 4.99 Å². The molecule has 1 saturated heterocycles. The summed E-state index contributed by atoms with van der Waals surface area (Å²) < 4.78 is 18.9. The number of aliphatic imine (C=N–C) groups is 1. The van der Waals surface area contributed by atoms with Gasteiger partial charge in [-0.05, 0) is 43.9 Å². The molecule has 0 aromatic heterocycles. The number of nitrogens with zero attached hydrogens (tertiary/aromatic N) is 2. The number of piperidine rings is 1. The summed E-state index contributed by atoms with van der Waals surface area (Å²) in [5.74, 6) is 0.970. The van der Waals surface area contributed by atoms with Crippen LogP contribution in [-0.4, -0.2) is 62.6 Å². The second-order valence-electron chi connectivity index (χ2n) is 7.69. The van der Waals surface area contributed by atoms with Gasteiger partial charge in [-0.1, -0.05) is 19.9 Å². The summed E-state index contributed by atoms with van der Waals surface area (Å²) in [5, 5.41) is 16.7. The monoisotopic (exact) mass is 394 g/mol. The van der Waals surface area contributed by atoms with Crippen molar-refractivity contribution < 1.29 is 14.2 Å². The largest absolute Gasteiger partial charge is 0.389 e. The Bertz CT molecular complexity index is 604. The van der Waals surface area contributed by atoms with Gasteiger partial charge < -0.3 is 25.4 Å². The second-order valence-corrected chi connectivity index (χ2v) is 7.69. The van der Waals surface area contributed by atoms with Crippen LogP contribution in [0.5, 0.6) is 0 Å². The molecule has 0 radical (unpaired) electrons. The molecular formula is C21H35FN4O2. The highest BCUT2D eigenvalue weighted by molar-refractivity contribution is 5.80. The first-order valence-electron chi connectivity index (χ1n) is 10.3. The lowest BCUT2D eigenvalue weighted by molar-refractivity contribution is 0.0301. The van der Waals surface area contributed by atoms with Gasteiger partial charge in [0.1, 0.15) is 5.82 Å². The van der Waals surface area contributed by atoms with Crippen LogP contribution in [0.2, 0.25) is 0 Å². The van der Waals surface area contributed by atoms with Crippen LogP contribution in [0.3, 0.4) is 0 Å². The van der Waals surface area contributed by atoms with E-state index in [2.05, 4.69) is 34.4 Å². The van der Waals surface area contributed by atoms with E-state index in [9.17, 15) is 9.50 Å². The van der Waals surface area contributed by atoms with Gasteiger partial charge in [0.25, 0.3) is 0 Å². The summed E-state index contributed by atoms with van der Waals surface area (Å²) >= 11 is 0. The number of nitrogens with one attached hydrogen (secondary N) is 2. The van der Waals surface area contributed by atoms with Crippen LogP contribution >= 0.6 is 0 Å². The van der Waals surface area contributed by atoms with E-state index in [-0.39, 0.29) is 5.82 Å². The summed E-state index contributed by atoms with van der Waals surface area (Å²) in [6.45, 7) is 9.92. The van der Waals surface area contributed by atoms with E-state index in [0.717, 1.165) is 44.1 Å². The standard InChI is InChI=1S/C21H35FN4O2/c1-4-23-21(24-13-20(27)15-28-14-16(2)3)25-18-8-10-26(11-9-18)19-7-5-6-17(22)12-19/h5-7,12,16,18,20,27H,4,8-11,13-15H2,1-3H3,(H2,23,24,25). The van der Waals surface area contributed by atoms with Crippen molar-refractivity contribution in [2.24, 2.45) is 10.9 Å². The highest BCUT2D eigenvalue weighted by Crippen LogP contribution is 2.20. The minimum absolute atomic E-state index is 0.199. The Hall–Kier alpha value is -1.86. The number of hydrogen-bond acceptors (Lipinski definition) is 4. The second kappa shape index (κ2) is 11.9. The van der Waals surface area contributed by atoms with Gasteiger partial charge in [-0.25, -0.2) is 4.39 Å². The molecule has 158 valence electrons. The third-order valence-corrected chi connectivity index (χ3v) is 4.57. The molecule has 1 aliphatic heterocycles. The number of rotatable bonds is 9. The van der Waals surface area contributed by atoms with Crippen molar-refractivity contribution in [1.82, 2.24) is 10.6 Å². The third kappa shape index (κ3) is 8.02. The molecule has 6 nitrogen and oxygen atoms in total. The van der Waals surface area contributed by atoms with Crippen molar-refractivity contribution >= 4 is 11.6 Å². The molecule has 2 rings (SSSR count). The lowest BCUT2D eigenvalue weighted by atomic mass is 10.0. The number of ether oxygens (including phenoxy) is 1. The van der Waals surface area contributed by atoms with E-state index in [1.807, 2.05) is 13.0 Å². The van der Waals surface area contributed by atoms with Crippen molar-refractivity contribution in [1.29, 1.82) is 0 Å². The molecule has 0 aliphatic carbocycles. The number of guanidine groups is 1. The number of benzene rings is 1. The first-order valence-corrected chi connectivity index (χ1v) is 10.3. The molecule has 0 amide bonds. The van der Waals surface area contributed by atoms with E-state index >= 15 is 0 Å². The van der Waals surface area contributed by atoms with E-state index in [0.29, 0.717) is 31.7 Å². The van der Waals surface area contributed by atoms with Gasteiger partial charge in [-0.15, -0.1) is 0 Å². The number of aliphatic hydroxyl groups excluding tert-OH is 1. The molecule has 1 heterocycles. The highest BCUT2D eigenvalue weighted by Gasteiger charge is 2.20. The van der Waals surface area contributed by atoms with Gasteiger partial charge in [0, 0.05) is 38.0 Å². The van der Waals surface area contributed by atoms with Crippen molar-refractivity contribution in [2.45, 2.75) is 45.8 Å². The third-order valence-electron chi connectivity index (χ3n) is 4.57. The molecule has 1 aromatic rings. The molecule has 0 spiro atoms. The van der Waals surface area contributed by atoms with Gasteiger partial charge in [-0.2, -0.15) is 0 Å². The highest BCUT2D eigenvalue weighted by atomic mass is 19.1. The summed E-state index contributed by atoms with van der Waals surface area (Å²) in [7, 11) is 0. The molecule has 1 fully saturated rings. The number of anilines is 1. The van der Waals surface area contributed by atoms with Crippen molar-refractivity contribution in [3.63, 3.8) is 0 Å². The SMILES string of the molecule is CCNC(=NCC(O)COCC(C)C)NC1CCN(c2cccc(F)c2)CC1. The number of hydrogen-bond donors (Lipinski definition) is 3. The predicted octanol–water partition coefficient (Wildman–Crippen LogP) is 2.38. The zero-order valence-corrected chi connectivity index (χ0v) is 17.3. The van der Waals surface area contributed by atoms with E-state index in [1.54, 1.807) is 12.1 Å². The molecule has 7 heteroatoms. The molecule has 1 aromatic carbocycles. The molecule has 1 unspecified atom stereocenters. The minimum atomic E-state index is -0.607. The zero-order chi connectivity index (χ0) is 20.4. The van der Waals surface area contributed by atoms with Crippen LogP contribution in [-0.2, 0) is 4.74 Å². The lowest BCUT2D eigenvalue weighted by Gasteiger charge is -2.34. The van der Waals surface area contributed by atoms with E-state index in [1.165, 1.54) is 6.07 Å². The Morgan fingerprint density at radius 1 is 1.32 bits per heavy atom. The Morgan fingerprint density at radius 3 is 2.71 bits per heavy atom. The first-order chi connectivity index (χ1) is 13.5. The van der Waals surface area contributed by atoms with Crippen LogP contribution < -0.4 is 15.5 Å². The van der Waals surface area contributed by atoms with E-state index < -0.39 is 6.10 Å². The molecule has 0 saturated carbocycles. The molecule has 1 atom stereocenters. The average molecular weight is 395 g/mol. The summed E-state index contributed by atoms with van der Waals surface area (Å²) in [6, 6.07) is 7.06. The fraction of sp³-hybridized carbons (Fsp3) is 0.667. The van der Waals surface area contributed by atoms with Crippen LogP contribution in [0.1, 0.15) is 33.6 Å². The Morgan fingerprint density at radius 2 is 2.07 bits per heavy atom. The Kier molecular flexibility index (Phi) is 9.50. The Labute approximate surface area is 168 Å². The molecule has 0 bridgehead atoms. The maximum Gasteiger partial charge on any atom is 0.191 e. The van der Waals surface area contributed by atoms with Crippen LogP contribution in [0.4, 0.5) is 10.1 Å². The average Bonchev–Trinajstić information content (AvgIpc) is 2.66. The maximum atomic E-state index is 13.4. The van der Waals surface area contributed by atoms with Gasteiger partial charge in [0.15, 0.2) is 5.96 Å². The van der Waals surface area contributed by atoms with Crippen molar-refractivity contribution in [2.75, 3.05) is 44.3 Å². The van der Waals surface area contributed by atoms with Gasteiger partial charge in [0.05, 0.1) is 19.3 Å². The predicted molar refractivity (Wildman–Crippen MR) is 112 cm³/mol. The van der Waals surface area contributed by atoms with Crippen LogP contribution in [0, 0.1) is 11.7 Å². The number of aliphatic hydroxyl groups is 1. The smallest absolute Gasteiger partial charge is 0.191 e. The zero-order valence-electron chi connectivity index (χ0n) is 17.3. The van der Waals surface area contributed by atoms with Gasteiger partial charge in [0.2, 0.25) is 0 Å². The van der Waals surface area contributed by atoms with Crippen molar-refractivity contribution in [3.05, 3.63) is 30.1 Å². The fourth-order valence-electron chi connectivity index (χ4n) is 3.16. The summed E-state index contributed by atoms with van der Waals surface area (Å²) in [6.07, 6.45) is 1.28. The van der Waals surface area contributed by atoms with E-state index in [4.69, 9.17) is 4.74 Å². The normalized spacial score (nSPS) is 17.1. The minimum Gasteiger partial charge on any atom is -0.389 e. The lowest BCUT2D eigenvalue weighted by Crippen LogP contribution is -2.49. The van der Waals surface area contributed by atoms with Crippen molar-refractivity contribution in [3.8, 4) is 0 Å².